The molecule has 8 heteroatoms. The molecule has 4 nitrogen and oxygen atoms in total. The highest BCUT2D eigenvalue weighted by molar-refractivity contribution is 6.32. The molecule has 2 heterocycles. The molecular weight excluding hydrogens is 305 g/mol. The average Bonchev–Trinajstić information content (AvgIpc) is 2.80. The fourth-order valence-electron chi connectivity index (χ4n) is 1.77. The van der Waals surface area contributed by atoms with Crippen LogP contribution in [-0.4, -0.2) is 27.5 Å². The molecular formula is C13H14ClF3N4. The van der Waals surface area contributed by atoms with Crippen molar-refractivity contribution in [1.82, 2.24) is 14.8 Å². The zero-order chi connectivity index (χ0) is 15.3. The summed E-state index contributed by atoms with van der Waals surface area (Å²) in [7, 11) is 0. The molecule has 0 unspecified atom stereocenters. The predicted molar refractivity (Wildman–Crippen MR) is 74.8 cm³/mol. The number of anilines is 1. The second kappa shape index (κ2) is 6.80. The fraction of sp³-hybridized carbons (Fsp3) is 0.385. The Morgan fingerprint density at radius 1 is 1.29 bits per heavy atom. The first-order valence-electron chi connectivity index (χ1n) is 6.42. The van der Waals surface area contributed by atoms with Crippen LogP contribution in [0.4, 0.5) is 18.9 Å². The number of nitrogens with one attached hydrogen (secondary N) is 1. The molecule has 0 radical (unpaired) electrons. The van der Waals surface area contributed by atoms with E-state index in [1.807, 2.05) is 6.07 Å². The van der Waals surface area contributed by atoms with E-state index in [0.717, 1.165) is 5.69 Å². The Balaban J connectivity index is 1.86. The Hall–Kier alpha value is -1.76. The van der Waals surface area contributed by atoms with Crippen molar-refractivity contribution in [3.8, 4) is 5.69 Å². The van der Waals surface area contributed by atoms with Gasteiger partial charge < -0.3 is 5.32 Å². The summed E-state index contributed by atoms with van der Waals surface area (Å²) in [5.41, 5.74) is 1.34. The zero-order valence-electron chi connectivity index (χ0n) is 11.1. The van der Waals surface area contributed by atoms with Gasteiger partial charge in [-0.25, -0.2) is 4.68 Å². The van der Waals surface area contributed by atoms with Gasteiger partial charge in [-0.15, -0.1) is 0 Å². The van der Waals surface area contributed by atoms with Crippen LogP contribution in [-0.2, 0) is 0 Å². The van der Waals surface area contributed by atoms with Crippen molar-refractivity contribution in [3.05, 3.63) is 35.9 Å². The van der Waals surface area contributed by atoms with Crippen LogP contribution in [0.3, 0.4) is 0 Å². The van der Waals surface area contributed by atoms with Crippen LogP contribution < -0.4 is 5.32 Å². The van der Waals surface area contributed by atoms with Crippen LogP contribution in [0.2, 0.25) is 5.15 Å². The van der Waals surface area contributed by atoms with Crippen molar-refractivity contribution >= 4 is 17.3 Å². The quantitative estimate of drug-likeness (QED) is 0.817. The van der Waals surface area contributed by atoms with Crippen molar-refractivity contribution in [2.24, 2.45) is 0 Å². The molecule has 0 fully saturated rings. The molecule has 2 aromatic heterocycles. The summed E-state index contributed by atoms with van der Waals surface area (Å²) in [5, 5.41) is 7.38. The van der Waals surface area contributed by atoms with E-state index in [0.29, 0.717) is 18.7 Å². The standard InChI is InChI=1S/C13H14ClF3N4/c14-12-11(19-7-2-1-5-13(15,16)17)9-21(20-12)10-4-3-6-18-8-10/h3-4,6,8-9,19H,1-2,5,7H2. The van der Waals surface area contributed by atoms with Gasteiger partial charge in [0.15, 0.2) is 5.15 Å². The number of aromatic nitrogens is 3. The second-order valence-corrected chi connectivity index (χ2v) is 4.85. The van der Waals surface area contributed by atoms with Gasteiger partial charge in [-0.3, -0.25) is 4.98 Å². The third kappa shape index (κ3) is 4.93. The number of rotatable bonds is 6. The highest BCUT2D eigenvalue weighted by Gasteiger charge is 2.25. The first-order valence-corrected chi connectivity index (χ1v) is 6.80. The fourth-order valence-corrected chi connectivity index (χ4v) is 1.96. The minimum atomic E-state index is -4.09. The van der Waals surface area contributed by atoms with Crippen molar-refractivity contribution in [1.29, 1.82) is 0 Å². The number of nitrogens with zero attached hydrogens (tertiary/aromatic N) is 3. The molecule has 2 rings (SSSR count). The third-order valence-corrected chi connectivity index (χ3v) is 3.06. The molecule has 0 aliphatic rings. The Bertz CT molecular complexity index is 569. The summed E-state index contributed by atoms with van der Waals surface area (Å²) in [4.78, 5) is 3.98. The van der Waals surface area contributed by atoms with E-state index in [1.165, 1.54) is 0 Å². The van der Waals surface area contributed by atoms with Gasteiger partial charge in [0, 0.05) is 19.2 Å². The zero-order valence-corrected chi connectivity index (χ0v) is 11.8. The minimum Gasteiger partial charge on any atom is -0.381 e. The largest absolute Gasteiger partial charge is 0.389 e. The van der Waals surface area contributed by atoms with E-state index in [2.05, 4.69) is 15.4 Å². The van der Waals surface area contributed by atoms with E-state index in [9.17, 15) is 13.2 Å². The maximum atomic E-state index is 12.0. The Morgan fingerprint density at radius 3 is 2.76 bits per heavy atom. The molecule has 21 heavy (non-hydrogen) atoms. The lowest BCUT2D eigenvalue weighted by atomic mass is 10.2. The Kier molecular flexibility index (Phi) is 5.06. The molecule has 0 spiro atoms. The maximum absolute atomic E-state index is 12.0. The minimum absolute atomic E-state index is 0.0882. The van der Waals surface area contributed by atoms with Crippen LogP contribution >= 0.6 is 11.6 Å². The molecule has 0 bridgehead atoms. The molecule has 0 saturated carbocycles. The topological polar surface area (TPSA) is 42.7 Å². The van der Waals surface area contributed by atoms with E-state index >= 15 is 0 Å². The number of hydrogen-bond acceptors (Lipinski definition) is 3. The molecule has 0 saturated heterocycles. The molecule has 2 aromatic rings. The first kappa shape index (κ1) is 15.6. The van der Waals surface area contributed by atoms with E-state index in [-0.39, 0.29) is 11.6 Å². The molecule has 0 aliphatic carbocycles. The van der Waals surface area contributed by atoms with E-state index in [1.54, 1.807) is 29.3 Å². The van der Waals surface area contributed by atoms with E-state index in [4.69, 9.17) is 11.6 Å². The van der Waals surface area contributed by atoms with Gasteiger partial charge >= 0.3 is 6.18 Å². The predicted octanol–water partition coefficient (Wildman–Crippen LogP) is 4.07. The number of halogens is 4. The number of alkyl halides is 3. The monoisotopic (exact) mass is 318 g/mol. The summed E-state index contributed by atoms with van der Waals surface area (Å²) in [6.07, 6.45) is 0.604. The summed E-state index contributed by atoms with van der Waals surface area (Å²) < 4.78 is 37.6. The molecule has 0 amide bonds. The van der Waals surface area contributed by atoms with Crippen LogP contribution in [0.25, 0.3) is 5.69 Å². The first-order chi connectivity index (χ1) is 9.96. The summed E-state index contributed by atoms with van der Waals surface area (Å²) in [5.74, 6) is 0. The number of pyridine rings is 1. The summed E-state index contributed by atoms with van der Waals surface area (Å²) >= 11 is 5.99. The molecule has 114 valence electrons. The van der Waals surface area contributed by atoms with E-state index < -0.39 is 12.6 Å². The number of unbranched alkanes of at least 4 members (excludes halogenated alkanes) is 1. The molecule has 0 atom stereocenters. The van der Waals surface area contributed by atoms with Gasteiger partial charge in [-0.05, 0) is 25.0 Å². The van der Waals surface area contributed by atoms with Crippen LogP contribution in [0.1, 0.15) is 19.3 Å². The lowest BCUT2D eigenvalue weighted by molar-refractivity contribution is -0.135. The second-order valence-electron chi connectivity index (χ2n) is 4.49. The average molecular weight is 319 g/mol. The van der Waals surface area contributed by atoms with Crippen molar-refractivity contribution in [2.45, 2.75) is 25.4 Å². The van der Waals surface area contributed by atoms with Gasteiger partial charge in [-0.2, -0.15) is 18.3 Å². The van der Waals surface area contributed by atoms with Gasteiger partial charge in [0.1, 0.15) is 0 Å². The lowest BCUT2D eigenvalue weighted by Gasteiger charge is -2.06. The van der Waals surface area contributed by atoms with Gasteiger partial charge in [0.2, 0.25) is 0 Å². The third-order valence-electron chi connectivity index (χ3n) is 2.78. The molecule has 1 N–H and O–H groups in total. The Morgan fingerprint density at radius 2 is 2.10 bits per heavy atom. The van der Waals surface area contributed by atoms with Crippen molar-refractivity contribution < 1.29 is 13.2 Å². The van der Waals surface area contributed by atoms with Gasteiger partial charge in [0.25, 0.3) is 0 Å². The van der Waals surface area contributed by atoms with Crippen molar-refractivity contribution in [3.63, 3.8) is 0 Å². The molecule has 0 aliphatic heterocycles. The molecule has 0 aromatic carbocycles. The smallest absolute Gasteiger partial charge is 0.381 e. The van der Waals surface area contributed by atoms with Crippen LogP contribution in [0.15, 0.2) is 30.7 Å². The van der Waals surface area contributed by atoms with Gasteiger partial charge in [0.05, 0.1) is 23.8 Å². The van der Waals surface area contributed by atoms with Gasteiger partial charge in [-0.1, -0.05) is 11.6 Å². The SMILES string of the molecule is FC(F)(F)CCCCNc1cn(-c2cccnc2)nc1Cl. The Labute approximate surface area is 124 Å². The normalized spacial score (nSPS) is 11.6. The summed E-state index contributed by atoms with van der Waals surface area (Å²) in [6, 6.07) is 3.60. The van der Waals surface area contributed by atoms with Crippen LogP contribution in [0, 0.1) is 0 Å². The van der Waals surface area contributed by atoms with Crippen LogP contribution in [0.5, 0.6) is 0 Å². The highest BCUT2D eigenvalue weighted by atomic mass is 35.5. The summed E-state index contributed by atoms with van der Waals surface area (Å²) in [6.45, 7) is 0.411. The lowest BCUT2D eigenvalue weighted by Crippen LogP contribution is -2.08. The number of hydrogen-bond donors (Lipinski definition) is 1. The van der Waals surface area contributed by atoms with Crippen molar-refractivity contribution in [2.75, 3.05) is 11.9 Å². The maximum Gasteiger partial charge on any atom is 0.389 e. The highest BCUT2D eigenvalue weighted by Crippen LogP contribution is 2.23.